The van der Waals surface area contributed by atoms with E-state index in [2.05, 4.69) is 17.6 Å². The molecule has 0 saturated carbocycles. The zero-order chi connectivity index (χ0) is 7.94. The molecule has 0 amide bonds. The Hall–Kier alpha value is -0.340. The average Bonchev–Trinajstić information content (AvgIpc) is 1.94. The quantitative estimate of drug-likeness (QED) is 0.486. The molecule has 2 nitrogen and oxygen atoms in total. The van der Waals surface area contributed by atoms with Gasteiger partial charge in [0.05, 0.1) is 6.10 Å². The molecule has 1 rings (SSSR count). The van der Waals surface area contributed by atoms with Gasteiger partial charge in [-0.3, -0.25) is 4.84 Å². The van der Waals surface area contributed by atoms with Crippen LogP contribution in [0.15, 0.2) is 12.2 Å². The zero-order valence-electron chi connectivity index (χ0n) is 7.18. The summed E-state index contributed by atoms with van der Waals surface area (Å²) in [4.78, 5) is 5.32. The van der Waals surface area contributed by atoms with E-state index in [0.717, 1.165) is 6.42 Å². The minimum atomic E-state index is 0.386. The van der Waals surface area contributed by atoms with Crippen LogP contribution in [0.3, 0.4) is 0 Å². The maximum atomic E-state index is 5.32. The molecule has 1 N–H and O–H groups in total. The molecule has 1 atom stereocenters. The standard InChI is InChI=1S/C9H17NO/c1-10-11-9-7-5-3-2-4-6-8-9/h3,5,9-10H,2,4,6-8H2,1H3/b5-3+/t9-/m0/s1. The molecule has 0 saturated heterocycles. The highest BCUT2D eigenvalue weighted by Gasteiger charge is 2.07. The summed E-state index contributed by atoms with van der Waals surface area (Å²) in [5.41, 5.74) is 2.75. The first-order valence-electron chi connectivity index (χ1n) is 4.41. The highest BCUT2D eigenvalue weighted by Crippen LogP contribution is 2.13. The van der Waals surface area contributed by atoms with E-state index in [-0.39, 0.29) is 0 Å². The van der Waals surface area contributed by atoms with Crippen molar-refractivity contribution in [3.05, 3.63) is 12.2 Å². The predicted molar refractivity (Wildman–Crippen MR) is 46.2 cm³/mol. The van der Waals surface area contributed by atoms with Crippen LogP contribution >= 0.6 is 0 Å². The van der Waals surface area contributed by atoms with Gasteiger partial charge in [-0.15, -0.1) is 0 Å². The van der Waals surface area contributed by atoms with Crippen molar-refractivity contribution in [3.63, 3.8) is 0 Å². The van der Waals surface area contributed by atoms with Crippen LogP contribution < -0.4 is 5.48 Å². The van der Waals surface area contributed by atoms with Crippen molar-refractivity contribution in [3.8, 4) is 0 Å². The fourth-order valence-corrected chi connectivity index (χ4v) is 1.39. The molecule has 11 heavy (non-hydrogen) atoms. The van der Waals surface area contributed by atoms with Crippen LogP contribution in [0.2, 0.25) is 0 Å². The van der Waals surface area contributed by atoms with E-state index in [4.69, 9.17) is 4.84 Å². The summed E-state index contributed by atoms with van der Waals surface area (Å²) in [5.74, 6) is 0. The van der Waals surface area contributed by atoms with Gasteiger partial charge in [-0.25, -0.2) is 5.48 Å². The Labute approximate surface area is 68.6 Å². The Balaban J connectivity index is 2.26. The fraction of sp³-hybridized carbons (Fsp3) is 0.778. The second kappa shape index (κ2) is 5.33. The van der Waals surface area contributed by atoms with E-state index >= 15 is 0 Å². The molecule has 0 aromatic rings. The SMILES string of the molecule is CNO[C@H]1C/C=C/CCCC1. The first kappa shape index (κ1) is 8.75. The normalized spacial score (nSPS) is 29.0. The topological polar surface area (TPSA) is 21.3 Å². The number of hydrogen-bond donors (Lipinski definition) is 1. The molecule has 0 fully saturated rings. The third-order valence-corrected chi connectivity index (χ3v) is 2.00. The molecular formula is C9H17NO. The Bertz CT molecular complexity index is 123. The van der Waals surface area contributed by atoms with Gasteiger partial charge in [0.1, 0.15) is 0 Å². The summed E-state index contributed by atoms with van der Waals surface area (Å²) in [6.45, 7) is 0. The first-order valence-corrected chi connectivity index (χ1v) is 4.41. The summed E-state index contributed by atoms with van der Waals surface area (Å²) in [7, 11) is 1.82. The van der Waals surface area contributed by atoms with Crippen LogP contribution in [0, 0.1) is 0 Å². The molecule has 0 bridgehead atoms. The van der Waals surface area contributed by atoms with Gasteiger partial charge in [0.15, 0.2) is 0 Å². The summed E-state index contributed by atoms with van der Waals surface area (Å²) in [5, 5.41) is 0. The van der Waals surface area contributed by atoms with Crippen LogP contribution in [0.4, 0.5) is 0 Å². The van der Waals surface area contributed by atoms with E-state index in [1.165, 1.54) is 25.7 Å². The molecule has 0 spiro atoms. The number of nitrogens with one attached hydrogen (secondary N) is 1. The molecule has 1 aliphatic carbocycles. The lowest BCUT2D eigenvalue weighted by Gasteiger charge is -2.15. The molecule has 2 heteroatoms. The highest BCUT2D eigenvalue weighted by molar-refractivity contribution is 4.86. The van der Waals surface area contributed by atoms with Crippen molar-refractivity contribution < 1.29 is 4.84 Å². The number of hydroxylamine groups is 1. The van der Waals surface area contributed by atoms with Gasteiger partial charge >= 0.3 is 0 Å². The van der Waals surface area contributed by atoms with Gasteiger partial charge in [-0.1, -0.05) is 18.6 Å². The van der Waals surface area contributed by atoms with Crippen molar-refractivity contribution >= 4 is 0 Å². The predicted octanol–water partition coefficient (Wildman–Crippen LogP) is 2.03. The first-order chi connectivity index (χ1) is 5.43. The van der Waals surface area contributed by atoms with Crippen molar-refractivity contribution in [1.29, 1.82) is 0 Å². The Morgan fingerprint density at radius 2 is 2.27 bits per heavy atom. The summed E-state index contributed by atoms with van der Waals surface area (Å²) < 4.78 is 0. The summed E-state index contributed by atoms with van der Waals surface area (Å²) >= 11 is 0. The van der Waals surface area contributed by atoms with Crippen molar-refractivity contribution in [2.75, 3.05) is 7.05 Å². The second-order valence-corrected chi connectivity index (χ2v) is 2.94. The van der Waals surface area contributed by atoms with Crippen molar-refractivity contribution in [2.24, 2.45) is 0 Å². The van der Waals surface area contributed by atoms with E-state index in [1.54, 1.807) is 0 Å². The molecule has 0 aliphatic heterocycles. The summed E-state index contributed by atoms with van der Waals surface area (Å²) in [6, 6.07) is 0. The van der Waals surface area contributed by atoms with Gasteiger partial charge in [0.25, 0.3) is 0 Å². The molecule has 64 valence electrons. The van der Waals surface area contributed by atoms with E-state index in [1.807, 2.05) is 7.05 Å². The van der Waals surface area contributed by atoms with Crippen molar-refractivity contribution in [2.45, 2.75) is 38.2 Å². The smallest absolute Gasteiger partial charge is 0.0824 e. The Kier molecular flexibility index (Phi) is 4.24. The lowest BCUT2D eigenvalue weighted by atomic mass is 10.0. The average molecular weight is 155 g/mol. The van der Waals surface area contributed by atoms with Gasteiger partial charge in [0.2, 0.25) is 0 Å². The van der Waals surface area contributed by atoms with E-state index in [0.29, 0.717) is 6.10 Å². The van der Waals surface area contributed by atoms with E-state index in [9.17, 15) is 0 Å². The lowest BCUT2D eigenvalue weighted by molar-refractivity contribution is -0.0159. The van der Waals surface area contributed by atoms with Gasteiger partial charge in [-0.05, 0) is 25.7 Å². The van der Waals surface area contributed by atoms with Crippen LogP contribution in [0.1, 0.15) is 32.1 Å². The number of allylic oxidation sites excluding steroid dienone is 1. The highest BCUT2D eigenvalue weighted by atomic mass is 16.7. The Morgan fingerprint density at radius 1 is 1.36 bits per heavy atom. The minimum Gasteiger partial charge on any atom is -0.298 e. The summed E-state index contributed by atoms with van der Waals surface area (Å²) in [6.07, 6.45) is 10.9. The number of hydrogen-bond acceptors (Lipinski definition) is 2. The number of rotatable bonds is 2. The molecule has 0 unspecified atom stereocenters. The zero-order valence-corrected chi connectivity index (χ0v) is 7.18. The van der Waals surface area contributed by atoms with Crippen LogP contribution in [0.5, 0.6) is 0 Å². The lowest BCUT2D eigenvalue weighted by Crippen LogP contribution is -2.20. The van der Waals surface area contributed by atoms with Crippen LogP contribution in [-0.4, -0.2) is 13.2 Å². The molecule has 1 aliphatic rings. The largest absolute Gasteiger partial charge is 0.298 e. The second-order valence-electron chi connectivity index (χ2n) is 2.94. The maximum Gasteiger partial charge on any atom is 0.0824 e. The van der Waals surface area contributed by atoms with Gasteiger partial charge < -0.3 is 0 Å². The maximum absolute atomic E-state index is 5.32. The van der Waals surface area contributed by atoms with Gasteiger partial charge in [0, 0.05) is 7.05 Å². The molecule has 0 radical (unpaired) electrons. The third kappa shape index (κ3) is 3.54. The van der Waals surface area contributed by atoms with Gasteiger partial charge in [-0.2, -0.15) is 0 Å². The monoisotopic (exact) mass is 155 g/mol. The van der Waals surface area contributed by atoms with E-state index < -0.39 is 0 Å². The third-order valence-electron chi connectivity index (χ3n) is 2.00. The molecular weight excluding hydrogens is 138 g/mol. The molecule has 0 aromatic carbocycles. The Morgan fingerprint density at radius 3 is 3.09 bits per heavy atom. The van der Waals surface area contributed by atoms with Crippen LogP contribution in [0.25, 0.3) is 0 Å². The molecule has 0 aromatic heterocycles. The van der Waals surface area contributed by atoms with Crippen LogP contribution in [-0.2, 0) is 4.84 Å². The van der Waals surface area contributed by atoms with Crippen molar-refractivity contribution in [1.82, 2.24) is 5.48 Å². The minimum absolute atomic E-state index is 0.386. The molecule has 0 heterocycles. The fourth-order valence-electron chi connectivity index (χ4n) is 1.39.